The summed E-state index contributed by atoms with van der Waals surface area (Å²) in [6.45, 7) is 13.3. The van der Waals surface area contributed by atoms with Crippen molar-refractivity contribution < 1.29 is 14.6 Å². The second kappa shape index (κ2) is 8.61. The first-order valence-electron chi connectivity index (χ1n) is 7.88. The number of rotatable bonds is 7. The van der Waals surface area contributed by atoms with Gasteiger partial charge in [-0.3, -0.25) is 0 Å². The van der Waals surface area contributed by atoms with Gasteiger partial charge in [0, 0.05) is 31.1 Å². The number of aliphatic hydroxyl groups excluding tert-OH is 1. The van der Waals surface area contributed by atoms with Crippen molar-refractivity contribution in [1.29, 1.82) is 0 Å². The van der Waals surface area contributed by atoms with Crippen LogP contribution in [0.15, 0.2) is 0 Å². The fraction of sp³-hybridized carbons (Fsp3) is 0.750. The maximum absolute atomic E-state index is 12.2. The second-order valence-corrected chi connectivity index (χ2v) is 7.98. The van der Waals surface area contributed by atoms with Gasteiger partial charge in [0.1, 0.15) is 5.60 Å². The van der Waals surface area contributed by atoms with Crippen molar-refractivity contribution in [2.45, 2.75) is 59.8 Å². The number of hydrogen-bond acceptors (Lipinski definition) is 6. The number of carbonyl (C=O) groups excluding carboxylic acids is 1. The summed E-state index contributed by atoms with van der Waals surface area (Å²) in [7, 11) is 0. The van der Waals surface area contributed by atoms with E-state index in [-0.39, 0.29) is 6.54 Å². The lowest BCUT2D eigenvalue weighted by molar-refractivity contribution is 0.0164. The Morgan fingerprint density at radius 2 is 2.09 bits per heavy atom. The second-order valence-electron chi connectivity index (χ2n) is 6.69. The molecule has 1 rings (SSSR count). The molecule has 7 heteroatoms. The molecule has 0 aliphatic heterocycles. The van der Waals surface area contributed by atoms with Crippen LogP contribution < -0.4 is 5.32 Å². The zero-order valence-corrected chi connectivity index (χ0v) is 15.8. The van der Waals surface area contributed by atoms with Crippen LogP contribution in [0, 0.1) is 13.8 Å². The fourth-order valence-corrected chi connectivity index (χ4v) is 2.96. The van der Waals surface area contributed by atoms with Crippen LogP contribution in [0.5, 0.6) is 0 Å². The van der Waals surface area contributed by atoms with Crippen molar-refractivity contribution in [1.82, 2.24) is 15.2 Å². The molecule has 1 heterocycles. The summed E-state index contributed by atoms with van der Waals surface area (Å²) in [4.78, 5) is 19.3. The van der Waals surface area contributed by atoms with Crippen molar-refractivity contribution in [3.63, 3.8) is 0 Å². The summed E-state index contributed by atoms with van der Waals surface area (Å²) in [5, 5.41) is 13.9. The summed E-state index contributed by atoms with van der Waals surface area (Å²) < 4.78 is 5.38. The fourth-order valence-electron chi connectivity index (χ4n) is 2.06. The Bertz CT molecular complexity index is 509. The molecule has 1 unspecified atom stereocenters. The van der Waals surface area contributed by atoms with Gasteiger partial charge in [-0.15, -0.1) is 11.3 Å². The van der Waals surface area contributed by atoms with Crippen LogP contribution in [0.2, 0.25) is 0 Å². The monoisotopic (exact) mass is 343 g/mol. The van der Waals surface area contributed by atoms with Crippen molar-refractivity contribution in [3.8, 4) is 0 Å². The smallest absolute Gasteiger partial charge is 0.410 e. The molecular formula is C16H29N3O3S. The standard InChI is InChI=1S/C16H29N3O3S/c1-11(20)10-19(15(21)22-16(4,5)6)8-7-17-9-14-12(2)18-13(3)23-14/h11,17,20H,7-10H2,1-6H3. The molecule has 0 spiro atoms. The van der Waals surface area contributed by atoms with E-state index in [4.69, 9.17) is 4.74 Å². The van der Waals surface area contributed by atoms with Gasteiger partial charge in [0.25, 0.3) is 0 Å². The van der Waals surface area contributed by atoms with Gasteiger partial charge >= 0.3 is 6.09 Å². The van der Waals surface area contributed by atoms with Crippen molar-refractivity contribution >= 4 is 17.4 Å². The number of thiazole rings is 1. The third-order valence-corrected chi connectivity index (χ3v) is 4.05. The number of nitrogens with one attached hydrogen (secondary N) is 1. The lowest BCUT2D eigenvalue weighted by atomic mass is 10.2. The molecule has 23 heavy (non-hydrogen) atoms. The SMILES string of the molecule is Cc1nc(C)c(CNCCN(CC(C)O)C(=O)OC(C)(C)C)s1. The van der Waals surface area contributed by atoms with E-state index in [9.17, 15) is 9.90 Å². The molecule has 1 aromatic heterocycles. The number of aromatic nitrogens is 1. The van der Waals surface area contributed by atoms with E-state index in [1.165, 1.54) is 9.78 Å². The molecule has 0 aromatic carbocycles. The van der Waals surface area contributed by atoms with Gasteiger partial charge in [0.15, 0.2) is 0 Å². The Morgan fingerprint density at radius 1 is 1.43 bits per heavy atom. The molecule has 6 nitrogen and oxygen atoms in total. The topological polar surface area (TPSA) is 74.7 Å². The van der Waals surface area contributed by atoms with Crippen LogP contribution >= 0.6 is 11.3 Å². The summed E-state index contributed by atoms with van der Waals surface area (Å²) >= 11 is 1.68. The number of ether oxygens (including phenoxy) is 1. The summed E-state index contributed by atoms with van der Waals surface area (Å²) in [6.07, 6.45) is -0.987. The van der Waals surface area contributed by atoms with E-state index in [1.807, 2.05) is 34.6 Å². The highest BCUT2D eigenvalue weighted by molar-refractivity contribution is 7.11. The minimum Gasteiger partial charge on any atom is -0.444 e. The van der Waals surface area contributed by atoms with E-state index >= 15 is 0 Å². The highest BCUT2D eigenvalue weighted by Crippen LogP contribution is 2.16. The van der Waals surface area contributed by atoms with E-state index in [2.05, 4.69) is 10.3 Å². The van der Waals surface area contributed by atoms with Crippen LogP contribution in [0.1, 0.15) is 43.3 Å². The van der Waals surface area contributed by atoms with Crippen LogP contribution in [0.25, 0.3) is 0 Å². The van der Waals surface area contributed by atoms with Crippen molar-refractivity contribution in [2.24, 2.45) is 0 Å². The lowest BCUT2D eigenvalue weighted by Crippen LogP contribution is -2.43. The number of aliphatic hydroxyl groups is 1. The van der Waals surface area contributed by atoms with E-state index in [0.29, 0.717) is 13.1 Å². The van der Waals surface area contributed by atoms with Gasteiger partial charge < -0.3 is 20.1 Å². The first-order chi connectivity index (χ1) is 10.6. The summed E-state index contributed by atoms with van der Waals surface area (Å²) in [6, 6.07) is 0. The number of amides is 1. The van der Waals surface area contributed by atoms with E-state index in [0.717, 1.165) is 17.2 Å². The third-order valence-electron chi connectivity index (χ3n) is 2.98. The predicted octanol–water partition coefficient (Wildman–Crippen LogP) is 2.47. The largest absolute Gasteiger partial charge is 0.444 e. The highest BCUT2D eigenvalue weighted by atomic mass is 32.1. The van der Waals surface area contributed by atoms with E-state index in [1.54, 1.807) is 18.3 Å². The van der Waals surface area contributed by atoms with Crippen LogP contribution in [0.3, 0.4) is 0 Å². The Kier molecular flexibility index (Phi) is 7.44. The molecule has 0 aliphatic carbocycles. The molecule has 132 valence electrons. The maximum atomic E-state index is 12.2. The normalized spacial score (nSPS) is 13.0. The van der Waals surface area contributed by atoms with Gasteiger partial charge in [-0.05, 0) is 41.5 Å². The first kappa shape index (κ1) is 19.9. The van der Waals surface area contributed by atoms with E-state index < -0.39 is 17.8 Å². The van der Waals surface area contributed by atoms with Crippen molar-refractivity contribution in [3.05, 3.63) is 15.6 Å². The average Bonchev–Trinajstić information content (AvgIpc) is 2.69. The van der Waals surface area contributed by atoms with Gasteiger partial charge in [-0.1, -0.05) is 0 Å². The number of nitrogens with zero attached hydrogens (tertiary/aromatic N) is 2. The molecule has 0 saturated heterocycles. The summed E-state index contributed by atoms with van der Waals surface area (Å²) in [5.41, 5.74) is 0.506. The van der Waals surface area contributed by atoms with Gasteiger partial charge in [0.2, 0.25) is 0 Å². The number of hydrogen-bond donors (Lipinski definition) is 2. The minimum atomic E-state index is -0.589. The molecule has 0 bridgehead atoms. The maximum Gasteiger partial charge on any atom is 0.410 e. The Hall–Kier alpha value is -1.18. The van der Waals surface area contributed by atoms with Crippen LogP contribution in [-0.2, 0) is 11.3 Å². The first-order valence-corrected chi connectivity index (χ1v) is 8.69. The quantitative estimate of drug-likeness (QED) is 0.744. The Labute approximate surface area is 142 Å². The Balaban J connectivity index is 2.47. The molecule has 1 aromatic rings. The van der Waals surface area contributed by atoms with Gasteiger partial charge in [-0.25, -0.2) is 9.78 Å². The zero-order valence-electron chi connectivity index (χ0n) is 15.0. The molecule has 0 fully saturated rings. The van der Waals surface area contributed by atoms with Gasteiger partial charge in [0.05, 0.1) is 16.8 Å². The average molecular weight is 343 g/mol. The molecule has 1 amide bonds. The molecule has 0 saturated carbocycles. The van der Waals surface area contributed by atoms with Crippen LogP contribution in [0.4, 0.5) is 4.79 Å². The van der Waals surface area contributed by atoms with Crippen LogP contribution in [-0.4, -0.2) is 52.4 Å². The molecule has 0 aliphatic rings. The molecule has 1 atom stereocenters. The molecule has 2 N–H and O–H groups in total. The van der Waals surface area contributed by atoms with Crippen molar-refractivity contribution in [2.75, 3.05) is 19.6 Å². The number of aryl methyl sites for hydroxylation is 2. The minimum absolute atomic E-state index is 0.259. The lowest BCUT2D eigenvalue weighted by Gasteiger charge is -2.28. The molecular weight excluding hydrogens is 314 g/mol. The third kappa shape index (κ3) is 7.76. The molecule has 0 radical (unpaired) electrons. The van der Waals surface area contributed by atoms with Gasteiger partial charge in [-0.2, -0.15) is 0 Å². The predicted molar refractivity (Wildman–Crippen MR) is 92.8 cm³/mol. The zero-order chi connectivity index (χ0) is 17.6. The summed E-state index contributed by atoms with van der Waals surface area (Å²) in [5.74, 6) is 0. The number of carbonyl (C=O) groups is 1. The Morgan fingerprint density at radius 3 is 2.57 bits per heavy atom. The highest BCUT2D eigenvalue weighted by Gasteiger charge is 2.22.